The second-order valence-electron chi connectivity index (χ2n) is 4.94. The first-order valence-electron chi connectivity index (χ1n) is 6.58. The molecule has 0 saturated carbocycles. The van der Waals surface area contributed by atoms with E-state index in [-0.39, 0.29) is 24.1 Å². The van der Waals surface area contributed by atoms with E-state index < -0.39 is 11.8 Å². The Morgan fingerprint density at radius 1 is 1.30 bits per heavy atom. The molecule has 0 atom stereocenters. The number of carboxylic acid groups (broad SMARTS) is 1. The predicted octanol–water partition coefficient (Wildman–Crippen LogP) is 2.54. The van der Waals surface area contributed by atoms with Crippen molar-refractivity contribution in [3.8, 4) is 0 Å². The van der Waals surface area contributed by atoms with E-state index in [1.165, 1.54) is 12.1 Å². The zero-order chi connectivity index (χ0) is 14.5. The second kappa shape index (κ2) is 6.36. The van der Waals surface area contributed by atoms with Crippen molar-refractivity contribution in [2.24, 2.45) is 5.92 Å². The highest BCUT2D eigenvalue weighted by Crippen LogP contribution is 2.21. The monoisotopic (exact) mass is 280 g/mol. The van der Waals surface area contributed by atoms with Crippen LogP contribution >= 0.6 is 0 Å². The highest BCUT2D eigenvalue weighted by molar-refractivity contribution is 5.89. The number of urea groups is 1. The number of hydrogen-bond acceptors (Lipinski definition) is 2. The van der Waals surface area contributed by atoms with E-state index in [0.29, 0.717) is 25.9 Å². The van der Waals surface area contributed by atoms with E-state index in [9.17, 15) is 14.0 Å². The molecule has 0 aromatic heterocycles. The summed E-state index contributed by atoms with van der Waals surface area (Å²) in [4.78, 5) is 24.2. The molecule has 1 heterocycles. The van der Waals surface area contributed by atoms with Crippen molar-refractivity contribution in [1.29, 1.82) is 0 Å². The van der Waals surface area contributed by atoms with Crippen LogP contribution in [0.15, 0.2) is 24.3 Å². The van der Waals surface area contributed by atoms with Crippen LogP contribution in [0, 0.1) is 11.7 Å². The number of likely N-dealkylation sites (tertiary alicyclic amines) is 1. The van der Waals surface area contributed by atoms with Crippen LogP contribution in [0.2, 0.25) is 0 Å². The highest BCUT2D eigenvalue weighted by atomic mass is 19.1. The third-order valence-corrected chi connectivity index (χ3v) is 3.48. The van der Waals surface area contributed by atoms with Crippen LogP contribution in [0.1, 0.15) is 19.3 Å². The number of piperidine rings is 1. The first-order valence-corrected chi connectivity index (χ1v) is 6.58. The summed E-state index contributed by atoms with van der Waals surface area (Å²) in [6.45, 7) is 0.996. The van der Waals surface area contributed by atoms with Gasteiger partial charge in [0.25, 0.3) is 0 Å². The van der Waals surface area contributed by atoms with E-state index in [4.69, 9.17) is 5.11 Å². The molecule has 1 aliphatic rings. The lowest BCUT2D eigenvalue weighted by molar-refractivity contribution is -0.138. The van der Waals surface area contributed by atoms with Crippen molar-refractivity contribution < 1.29 is 19.1 Å². The molecule has 2 amide bonds. The van der Waals surface area contributed by atoms with Crippen LogP contribution in [0.4, 0.5) is 14.9 Å². The normalized spacial score (nSPS) is 15.9. The van der Waals surface area contributed by atoms with E-state index in [1.807, 2.05) is 0 Å². The van der Waals surface area contributed by atoms with Crippen LogP contribution < -0.4 is 5.32 Å². The summed E-state index contributed by atoms with van der Waals surface area (Å²) < 4.78 is 13.4. The van der Waals surface area contributed by atoms with Crippen LogP contribution in [-0.2, 0) is 4.79 Å². The Kier molecular flexibility index (Phi) is 4.55. The molecule has 0 aliphatic carbocycles. The van der Waals surface area contributed by atoms with Crippen molar-refractivity contribution in [2.45, 2.75) is 19.3 Å². The number of carbonyl (C=O) groups is 2. The number of amides is 2. The van der Waals surface area contributed by atoms with Crippen LogP contribution in [-0.4, -0.2) is 35.1 Å². The lowest BCUT2D eigenvalue weighted by Crippen LogP contribution is -2.41. The smallest absolute Gasteiger partial charge is 0.321 e. The zero-order valence-corrected chi connectivity index (χ0v) is 11.0. The standard InChI is InChI=1S/C14H17FN2O3/c15-11-3-1-2-4-12(11)16-14(20)17-7-5-10(6-8-17)9-13(18)19/h1-4,10H,5-9H2,(H,16,20)(H,18,19). The van der Waals surface area contributed by atoms with Crippen molar-refractivity contribution in [1.82, 2.24) is 4.90 Å². The SMILES string of the molecule is O=C(O)CC1CCN(C(=O)Nc2ccccc2F)CC1. The summed E-state index contributed by atoms with van der Waals surface area (Å²) in [6, 6.07) is 5.66. The minimum absolute atomic E-state index is 0.116. The maximum Gasteiger partial charge on any atom is 0.321 e. The van der Waals surface area contributed by atoms with E-state index in [0.717, 1.165) is 0 Å². The molecule has 1 fully saturated rings. The quantitative estimate of drug-likeness (QED) is 0.894. The van der Waals surface area contributed by atoms with E-state index in [1.54, 1.807) is 17.0 Å². The van der Waals surface area contributed by atoms with Crippen molar-refractivity contribution in [3.63, 3.8) is 0 Å². The number of carbonyl (C=O) groups excluding carboxylic acids is 1. The highest BCUT2D eigenvalue weighted by Gasteiger charge is 2.24. The average molecular weight is 280 g/mol. The lowest BCUT2D eigenvalue weighted by Gasteiger charge is -2.31. The fourth-order valence-corrected chi connectivity index (χ4v) is 2.34. The predicted molar refractivity (Wildman–Crippen MR) is 72.0 cm³/mol. The van der Waals surface area contributed by atoms with Gasteiger partial charge in [-0.25, -0.2) is 9.18 Å². The van der Waals surface area contributed by atoms with Gasteiger partial charge >= 0.3 is 12.0 Å². The molecular weight excluding hydrogens is 263 g/mol. The number of carboxylic acids is 1. The van der Waals surface area contributed by atoms with Gasteiger partial charge in [0, 0.05) is 19.5 Å². The molecule has 0 radical (unpaired) electrons. The molecular formula is C14H17FN2O3. The Bertz CT molecular complexity index is 499. The third kappa shape index (κ3) is 3.69. The molecule has 1 aromatic carbocycles. The Hall–Kier alpha value is -2.11. The second-order valence-corrected chi connectivity index (χ2v) is 4.94. The number of benzene rings is 1. The molecule has 2 N–H and O–H groups in total. The van der Waals surface area contributed by atoms with Crippen molar-refractivity contribution >= 4 is 17.7 Å². The van der Waals surface area contributed by atoms with Gasteiger partial charge in [0.1, 0.15) is 5.82 Å². The fourth-order valence-electron chi connectivity index (χ4n) is 2.34. The first-order chi connectivity index (χ1) is 9.56. The van der Waals surface area contributed by atoms with Gasteiger partial charge in [-0.2, -0.15) is 0 Å². The number of aliphatic carboxylic acids is 1. The Labute approximate surface area is 116 Å². The lowest BCUT2D eigenvalue weighted by atomic mass is 9.94. The minimum atomic E-state index is -0.806. The number of nitrogens with zero attached hydrogens (tertiary/aromatic N) is 1. The summed E-state index contributed by atoms with van der Waals surface area (Å²) in [7, 11) is 0. The summed E-state index contributed by atoms with van der Waals surface area (Å²) in [5.74, 6) is -1.16. The number of anilines is 1. The Balaban J connectivity index is 1.86. The minimum Gasteiger partial charge on any atom is -0.481 e. The van der Waals surface area contributed by atoms with Gasteiger partial charge in [-0.15, -0.1) is 0 Å². The largest absolute Gasteiger partial charge is 0.481 e. The maximum absolute atomic E-state index is 13.4. The molecule has 1 aliphatic heterocycles. The molecule has 1 saturated heterocycles. The molecule has 2 rings (SSSR count). The molecule has 0 spiro atoms. The van der Waals surface area contributed by atoms with Crippen molar-refractivity contribution in [2.75, 3.05) is 18.4 Å². The van der Waals surface area contributed by atoms with Crippen LogP contribution in [0.25, 0.3) is 0 Å². The first kappa shape index (κ1) is 14.3. The molecule has 0 unspecified atom stereocenters. The summed E-state index contributed by atoms with van der Waals surface area (Å²) in [5.41, 5.74) is 0.158. The number of nitrogens with one attached hydrogen (secondary N) is 1. The fraction of sp³-hybridized carbons (Fsp3) is 0.429. The van der Waals surface area contributed by atoms with E-state index >= 15 is 0 Å². The molecule has 0 bridgehead atoms. The summed E-state index contributed by atoms with van der Waals surface area (Å²) >= 11 is 0. The van der Waals surface area contributed by atoms with Gasteiger partial charge in [-0.1, -0.05) is 12.1 Å². The number of hydrogen-bond donors (Lipinski definition) is 2. The number of para-hydroxylation sites is 1. The van der Waals surface area contributed by atoms with Crippen LogP contribution in [0.5, 0.6) is 0 Å². The topological polar surface area (TPSA) is 69.6 Å². The molecule has 6 heteroatoms. The van der Waals surface area contributed by atoms with Crippen LogP contribution in [0.3, 0.4) is 0 Å². The van der Waals surface area contributed by atoms with Gasteiger partial charge in [-0.05, 0) is 30.9 Å². The third-order valence-electron chi connectivity index (χ3n) is 3.48. The molecule has 20 heavy (non-hydrogen) atoms. The molecule has 1 aromatic rings. The van der Waals surface area contributed by atoms with Gasteiger partial charge in [0.05, 0.1) is 5.69 Å². The average Bonchev–Trinajstić information content (AvgIpc) is 2.41. The van der Waals surface area contributed by atoms with Gasteiger partial charge in [-0.3, -0.25) is 4.79 Å². The molecule has 5 nitrogen and oxygen atoms in total. The van der Waals surface area contributed by atoms with E-state index in [2.05, 4.69) is 5.32 Å². The Morgan fingerprint density at radius 3 is 2.55 bits per heavy atom. The maximum atomic E-state index is 13.4. The zero-order valence-electron chi connectivity index (χ0n) is 11.0. The van der Waals surface area contributed by atoms with Gasteiger partial charge in [0.15, 0.2) is 0 Å². The number of halogens is 1. The Morgan fingerprint density at radius 2 is 1.95 bits per heavy atom. The summed E-state index contributed by atoms with van der Waals surface area (Å²) in [6.07, 6.45) is 1.47. The van der Waals surface area contributed by atoms with Gasteiger partial charge < -0.3 is 15.3 Å². The summed E-state index contributed by atoms with van der Waals surface area (Å²) in [5, 5.41) is 11.3. The van der Waals surface area contributed by atoms with Crippen molar-refractivity contribution in [3.05, 3.63) is 30.1 Å². The molecule has 108 valence electrons. The number of rotatable bonds is 3. The van der Waals surface area contributed by atoms with Gasteiger partial charge in [0.2, 0.25) is 0 Å².